The lowest BCUT2D eigenvalue weighted by atomic mass is 10.2. The largest absolute Gasteiger partial charge is 0.522 e. The average molecular weight is 241 g/mol. The van der Waals surface area contributed by atoms with Crippen molar-refractivity contribution in [3.63, 3.8) is 0 Å². The number of nitrogens with zero attached hydrogens (tertiary/aromatic N) is 2. The van der Waals surface area contributed by atoms with E-state index in [2.05, 4.69) is 9.64 Å². The van der Waals surface area contributed by atoms with Crippen LogP contribution in [0.2, 0.25) is 0 Å². The van der Waals surface area contributed by atoms with Crippen LogP contribution < -0.4 is 5.73 Å². The van der Waals surface area contributed by atoms with Crippen LogP contribution in [0.4, 0.5) is 13.2 Å². The molecule has 1 fully saturated rings. The third-order valence-corrected chi connectivity index (χ3v) is 2.72. The standard InChI is InChI=1S/C9H18F3N3O/c1-14-2-3-15(8(6-13)7-14)4-5-16-9(10,11)12/h8H,2-7,13H2,1H3. The third kappa shape index (κ3) is 4.65. The molecule has 4 nitrogen and oxygen atoms in total. The molecule has 1 saturated heterocycles. The van der Waals surface area contributed by atoms with Gasteiger partial charge < -0.3 is 10.6 Å². The van der Waals surface area contributed by atoms with E-state index in [0.717, 1.165) is 19.6 Å². The van der Waals surface area contributed by atoms with Gasteiger partial charge >= 0.3 is 6.36 Å². The molecule has 16 heavy (non-hydrogen) atoms. The van der Waals surface area contributed by atoms with Crippen molar-refractivity contribution < 1.29 is 17.9 Å². The molecule has 0 spiro atoms. The highest BCUT2D eigenvalue weighted by Gasteiger charge is 2.30. The second kappa shape index (κ2) is 5.81. The van der Waals surface area contributed by atoms with Gasteiger partial charge in [-0.2, -0.15) is 0 Å². The average Bonchev–Trinajstić information content (AvgIpc) is 2.18. The molecule has 0 bridgehead atoms. The predicted octanol–water partition coefficient (Wildman–Crippen LogP) is 0.0975. The Morgan fingerprint density at radius 1 is 1.38 bits per heavy atom. The molecule has 1 rings (SSSR count). The van der Waals surface area contributed by atoms with Gasteiger partial charge in [0.25, 0.3) is 0 Å². The van der Waals surface area contributed by atoms with Crippen molar-refractivity contribution >= 4 is 0 Å². The predicted molar refractivity (Wildman–Crippen MR) is 53.9 cm³/mol. The Hall–Kier alpha value is -0.370. The molecule has 0 saturated carbocycles. The molecule has 7 heteroatoms. The summed E-state index contributed by atoms with van der Waals surface area (Å²) in [5, 5.41) is 0. The van der Waals surface area contributed by atoms with Gasteiger partial charge in [0.05, 0.1) is 6.61 Å². The lowest BCUT2D eigenvalue weighted by Crippen LogP contribution is -2.55. The van der Waals surface area contributed by atoms with Gasteiger partial charge in [-0.3, -0.25) is 9.64 Å². The molecule has 1 heterocycles. The first kappa shape index (κ1) is 13.7. The van der Waals surface area contributed by atoms with E-state index < -0.39 is 6.36 Å². The van der Waals surface area contributed by atoms with Gasteiger partial charge in [-0.25, -0.2) is 0 Å². The molecule has 1 aliphatic heterocycles. The zero-order valence-corrected chi connectivity index (χ0v) is 9.33. The van der Waals surface area contributed by atoms with Crippen molar-refractivity contribution in [2.45, 2.75) is 12.4 Å². The number of nitrogens with two attached hydrogens (primary N) is 1. The van der Waals surface area contributed by atoms with Crippen LogP contribution in [0.25, 0.3) is 0 Å². The van der Waals surface area contributed by atoms with E-state index in [9.17, 15) is 13.2 Å². The summed E-state index contributed by atoms with van der Waals surface area (Å²) in [6.45, 7) is 2.78. The number of piperazine rings is 1. The SMILES string of the molecule is CN1CCN(CCOC(F)(F)F)C(CN)C1. The van der Waals surface area contributed by atoms with E-state index in [0.29, 0.717) is 6.54 Å². The Kier molecular flexibility index (Phi) is 4.97. The molecular weight excluding hydrogens is 223 g/mol. The maximum absolute atomic E-state index is 11.8. The number of ether oxygens (including phenoxy) is 1. The van der Waals surface area contributed by atoms with Gasteiger partial charge in [0, 0.05) is 38.8 Å². The molecule has 0 radical (unpaired) electrons. The Bertz CT molecular complexity index is 213. The first-order valence-corrected chi connectivity index (χ1v) is 5.25. The summed E-state index contributed by atoms with van der Waals surface area (Å²) in [6.07, 6.45) is -4.54. The third-order valence-electron chi connectivity index (χ3n) is 2.72. The second-order valence-corrected chi connectivity index (χ2v) is 3.98. The maximum atomic E-state index is 11.8. The second-order valence-electron chi connectivity index (χ2n) is 3.98. The summed E-state index contributed by atoms with van der Waals surface area (Å²) in [4.78, 5) is 4.07. The molecule has 1 atom stereocenters. The zero-order chi connectivity index (χ0) is 12.2. The van der Waals surface area contributed by atoms with Crippen LogP contribution in [0.5, 0.6) is 0 Å². The van der Waals surface area contributed by atoms with Crippen molar-refractivity contribution in [1.82, 2.24) is 9.80 Å². The maximum Gasteiger partial charge on any atom is 0.522 e. The Labute approximate surface area is 93.1 Å². The van der Waals surface area contributed by atoms with E-state index in [1.165, 1.54) is 0 Å². The van der Waals surface area contributed by atoms with Crippen LogP contribution in [0.3, 0.4) is 0 Å². The Morgan fingerprint density at radius 3 is 2.62 bits per heavy atom. The fourth-order valence-corrected chi connectivity index (χ4v) is 1.84. The van der Waals surface area contributed by atoms with E-state index >= 15 is 0 Å². The lowest BCUT2D eigenvalue weighted by molar-refractivity contribution is -0.325. The van der Waals surface area contributed by atoms with Crippen LogP contribution in [0.15, 0.2) is 0 Å². The number of hydrogen-bond donors (Lipinski definition) is 1. The van der Waals surface area contributed by atoms with Crippen molar-refractivity contribution in [1.29, 1.82) is 0 Å². The molecule has 0 aromatic heterocycles. The molecule has 1 unspecified atom stereocenters. The Morgan fingerprint density at radius 2 is 2.06 bits per heavy atom. The fourth-order valence-electron chi connectivity index (χ4n) is 1.84. The van der Waals surface area contributed by atoms with Crippen LogP contribution in [0.1, 0.15) is 0 Å². The first-order valence-electron chi connectivity index (χ1n) is 5.25. The van der Waals surface area contributed by atoms with Gasteiger partial charge in [-0.15, -0.1) is 13.2 Å². The quantitative estimate of drug-likeness (QED) is 0.758. The van der Waals surface area contributed by atoms with Gasteiger partial charge in [0.15, 0.2) is 0 Å². The summed E-state index contributed by atoms with van der Waals surface area (Å²) in [6, 6.07) is 0.121. The molecule has 2 N–H and O–H groups in total. The topological polar surface area (TPSA) is 41.7 Å². The summed E-state index contributed by atoms with van der Waals surface area (Å²) in [7, 11) is 1.98. The lowest BCUT2D eigenvalue weighted by Gasteiger charge is -2.39. The van der Waals surface area contributed by atoms with Crippen molar-refractivity contribution in [3.05, 3.63) is 0 Å². The normalized spacial score (nSPS) is 24.9. The Balaban J connectivity index is 2.29. The molecule has 0 aromatic carbocycles. The number of likely N-dealkylation sites (N-methyl/N-ethyl adjacent to an activating group) is 1. The first-order chi connectivity index (χ1) is 7.42. The minimum Gasteiger partial charge on any atom is -0.329 e. The molecule has 1 aliphatic rings. The van der Waals surface area contributed by atoms with Crippen molar-refractivity contribution in [2.24, 2.45) is 5.73 Å². The summed E-state index contributed by atoms with van der Waals surface area (Å²) in [5.74, 6) is 0. The van der Waals surface area contributed by atoms with Gasteiger partial charge in [0.1, 0.15) is 0 Å². The number of alkyl halides is 3. The van der Waals surface area contributed by atoms with E-state index in [-0.39, 0.29) is 19.2 Å². The van der Waals surface area contributed by atoms with Crippen molar-refractivity contribution in [2.75, 3.05) is 46.4 Å². The fraction of sp³-hybridized carbons (Fsp3) is 1.00. The number of hydrogen-bond acceptors (Lipinski definition) is 4. The van der Waals surface area contributed by atoms with Gasteiger partial charge in [-0.1, -0.05) is 0 Å². The van der Waals surface area contributed by atoms with Crippen molar-refractivity contribution in [3.8, 4) is 0 Å². The highest BCUT2D eigenvalue weighted by Crippen LogP contribution is 2.16. The molecule has 0 aromatic rings. The smallest absolute Gasteiger partial charge is 0.329 e. The number of halogens is 3. The summed E-state index contributed by atoms with van der Waals surface area (Å²) >= 11 is 0. The van der Waals surface area contributed by atoms with Crippen LogP contribution in [-0.4, -0.2) is 68.6 Å². The molecule has 0 amide bonds. The minimum absolute atomic E-state index is 0.121. The molecule has 0 aliphatic carbocycles. The monoisotopic (exact) mass is 241 g/mol. The highest BCUT2D eigenvalue weighted by atomic mass is 19.4. The summed E-state index contributed by atoms with van der Waals surface area (Å²) in [5.41, 5.74) is 5.58. The zero-order valence-electron chi connectivity index (χ0n) is 9.33. The van der Waals surface area contributed by atoms with Gasteiger partial charge in [-0.05, 0) is 7.05 Å². The van der Waals surface area contributed by atoms with Crippen LogP contribution >= 0.6 is 0 Å². The van der Waals surface area contributed by atoms with E-state index in [1.54, 1.807) is 0 Å². The highest BCUT2D eigenvalue weighted by molar-refractivity contribution is 4.81. The van der Waals surface area contributed by atoms with E-state index in [1.807, 2.05) is 11.9 Å². The van der Waals surface area contributed by atoms with Crippen LogP contribution in [0, 0.1) is 0 Å². The van der Waals surface area contributed by atoms with Gasteiger partial charge in [0.2, 0.25) is 0 Å². The van der Waals surface area contributed by atoms with E-state index in [4.69, 9.17) is 5.73 Å². The molecule has 96 valence electrons. The van der Waals surface area contributed by atoms with Crippen LogP contribution in [-0.2, 0) is 4.74 Å². The number of rotatable bonds is 4. The molecular formula is C9H18F3N3O. The minimum atomic E-state index is -4.54. The summed E-state index contributed by atoms with van der Waals surface area (Å²) < 4.78 is 39.1.